The van der Waals surface area contributed by atoms with E-state index in [0.717, 1.165) is 17.7 Å². The van der Waals surface area contributed by atoms with Crippen LogP contribution in [0, 0.1) is 19.8 Å². The van der Waals surface area contributed by atoms with Crippen LogP contribution in [0.3, 0.4) is 0 Å². The Morgan fingerprint density at radius 3 is 2.68 bits per heavy atom. The molecule has 1 saturated carbocycles. The molecule has 1 fully saturated rings. The summed E-state index contributed by atoms with van der Waals surface area (Å²) in [6.45, 7) is 6.13. The third-order valence-corrected chi connectivity index (χ3v) is 4.66. The molecule has 2 rings (SSSR count). The van der Waals surface area contributed by atoms with E-state index < -0.39 is 0 Å². The van der Waals surface area contributed by atoms with Gasteiger partial charge in [0.15, 0.2) is 0 Å². The second kappa shape index (κ2) is 6.31. The number of carbonyl (C=O) groups is 1. The summed E-state index contributed by atoms with van der Waals surface area (Å²) < 4.78 is 0. The smallest absolute Gasteiger partial charge is 0.140 e. The van der Waals surface area contributed by atoms with Crippen LogP contribution < -0.4 is 0 Å². The number of aromatic nitrogens is 1. The summed E-state index contributed by atoms with van der Waals surface area (Å²) in [5.41, 5.74) is 3.37. The Balaban J connectivity index is 2.03. The number of ketones is 1. The predicted molar refractivity (Wildman–Crippen MR) is 78.3 cm³/mol. The van der Waals surface area contributed by atoms with Crippen molar-refractivity contribution in [3.63, 3.8) is 0 Å². The highest BCUT2D eigenvalue weighted by molar-refractivity contribution is 5.85. The summed E-state index contributed by atoms with van der Waals surface area (Å²) in [5, 5.41) is 0. The van der Waals surface area contributed by atoms with E-state index >= 15 is 0 Å². The van der Waals surface area contributed by atoms with Crippen molar-refractivity contribution < 1.29 is 4.79 Å². The van der Waals surface area contributed by atoms with Crippen molar-refractivity contribution in [2.75, 3.05) is 0 Å². The molecule has 1 heterocycles. The normalized spacial score (nSPS) is 18.3. The second-order valence-corrected chi connectivity index (χ2v) is 6.01. The lowest BCUT2D eigenvalue weighted by molar-refractivity contribution is -0.121. The Bertz CT molecular complexity index is 447. The lowest BCUT2D eigenvalue weighted by Crippen LogP contribution is -2.17. The SMILES string of the molecule is Cc1nccc(C(C)C(=O)CC2CCCCC2)c1C. The van der Waals surface area contributed by atoms with Gasteiger partial charge in [0.2, 0.25) is 0 Å². The Kier molecular flexibility index (Phi) is 4.73. The van der Waals surface area contributed by atoms with Crippen LogP contribution in [0.1, 0.15) is 68.2 Å². The maximum absolute atomic E-state index is 12.5. The first-order chi connectivity index (χ1) is 9.09. The quantitative estimate of drug-likeness (QED) is 0.805. The number of carbonyl (C=O) groups excluding carboxylic acids is 1. The van der Waals surface area contributed by atoms with E-state index in [1.165, 1.54) is 37.7 Å². The van der Waals surface area contributed by atoms with Crippen molar-refractivity contribution in [2.24, 2.45) is 5.92 Å². The zero-order chi connectivity index (χ0) is 13.8. The fourth-order valence-corrected chi connectivity index (χ4v) is 3.16. The van der Waals surface area contributed by atoms with Gasteiger partial charge in [-0.2, -0.15) is 0 Å². The van der Waals surface area contributed by atoms with E-state index in [-0.39, 0.29) is 5.92 Å². The van der Waals surface area contributed by atoms with Crippen molar-refractivity contribution in [3.05, 3.63) is 29.1 Å². The standard InChI is InChI=1S/C17H25NO/c1-12-14(3)18-10-9-16(12)13(2)17(19)11-15-7-5-4-6-8-15/h9-10,13,15H,4-8,11H2,1-3H3. The molecule has 1 aliphatic carbocycles. The van der Waals surface area contributed by atoms with E-state index in [0.29, 0.717) is 11.7 Å². The Hall–Kier alpha value is -1.18. The van der Waals surface area contributed by atoms with Crippen molar-refractivity contribution in [1.82, 2.24) is 4.98 Å². The number of pyridine rings is 1. The van der Waals surface area contributed by atoms with Gasteiger partial charge in [-0.15, -0.1) is 0 Å². The molecular weight excluding hydrogens is 234 g/mol. The van der Waals surface area contributed by atoms with Crippen LogP contribution in [0.15, 0.2) is 12.3 Å². The maximum Gasteiger partial charge on any atom is 0.140 e. The molecule has 19 heavy (non-hydrogen) atoms. The Labute approximate surface area is 116 Å². The molecule has 0 amide bonds. The molecule has 2 nitrogen and oxygen atoms in total. The molecule has 104 valence electrons. The second-order valence-electron chi connectivity index (χ2n) is 6.01. The van der Waals surface area contributed by atoms with Gasteiger partial charge in [-0.05, 0) is 37.0 Å². The number of hydrogen-bond acceptors (Lipinski definition) is 2. The van der Waals surface area contributed by atoms with Crippen LogP contribution >= 0.6 is 0 Å². The average molecular weight is 259 g/mol. The number of hydrogen-bond donors (Lipinski definition) is 0. The van der Waals surface area contributed by atoms with Crippen LogP contribution in [0.5, 0.6) is 0 Å². The summed E-state index contributed by atoms with van der Waals surface area (Å²) in [4.78, 5) is 16.7. The fraction of sp³-hybridized carbons (Fsp3) is 0.647. The molecule has 0 aliphatic heterocycles. The van der Waals surface area contributed by atoms with Crippen LogP contribution in [0.4, 0.5) is 0 Å². The van der Waals surface area contributed by atoms with Crippen molar-refractivity contribution in [3.8, 4) is 0 Å². The molecule has 0 radical (unpaired) electrons. The third kappa shape index (κ3) is 3.43. The van der Waals surface area contributed by atoms with E-state index in [4.69, 9.17) is 0 Å². The van der Waals surface area contributed by atoms with Gasteiger partial charge in [-0.1, -0.05) is 39.0 Å². The summed E-state index contributed by atoms with van der Waals surface area (Å²) in [7, 11) is 0. The van der Waals surface area contributed by atoms with Crippen molar-refractivity contribution in [1.29, 1.82) is 0 Å². The van der Waals surface area contributed by atoms with E-state index in [9.17, 15) is 4.79 Å². The minimum Gasteiger partial charge on any atom is -0.299 e. The monoisotopic (exact) mass is 259 g/mol. The topological polar surface area (TPSA) is 30.0 Å². The predicted octanol–water partition coefficient (Wildman–Crippen LogP) is 4.34. The molecule has 0 N–H and O–H groups in total. The number of aryl methyl sites for hydroxylation is 1. The van der Waals surface area contributed by atoms with Gasteiger partial charge in [0, 0.05) is 24.2 Å². The lowest BCUT2D eigenvalue weighted by atomic mass is 9.82. The zero-order valence-corrected chi connectivity index (χ0v) is 12.4. The zero-order valence-electron chi connectivity index (χ0n) is 12.4. The molecule has 1 unspecified atom stereocenters. The summed E-state index contributed by atoms with van der Waals surface area (Å²) in [6.07, 6.45) is 9.03. The Morgan fingerprint density at radius 1 is 1.32 bits per heavy atom. The molecule has 1 aromatic rings. The third-order valence-electron chi connectivity index (χ3n) is 4.66. The molecule has 2 heteroatoms. The number of nitrogens with zero attached hydrogens (tertiary/aromatic N) is 1. The fourth-order valence-electron chi connectivity index (χ4n) is 3.16. The molecule has 1 atom stereocenters. The van der Waals surface area contributed by atoms with Gasteiger partial charge in [0.25, 0.3) is 0 Å². The molecule has 0 saturated heterocycles. The van der Waals surface area contributed by atoms with Gasteiger partial charge < -0.3 is 0 Å². The van der Waals surface area contributed by atoms with Gasteiger partial charge in [-0.3, -0.25) is 9.78 Å². The largest absolute Gasteiger partial charge is 0.299 e. The first kappa shape index (κ1) is 14.2. The van der Waals surface area contributed by atoms with E-state index in [1.54, 1.807) is 0 Å². The van der Waals surface area contributed by atoms with Gasteiger partial charge >= 0.3 is 0 Å². The average Bonchev–Trinajstić information content (AvgIpc) is 2.42. The van der Waals surface area contributed by atoms with Crippen molar-refractivity contribution in [2.45, 2.75) is 65.2 Å². The maximum atomic E-state index is 12.5. The van der Waals surface area contributed by atoms with Crippen LogP contribution in [0.2, 0.25) is 0 Å². The van der Waals surface area contributed by atoms with Crippen LogP contribution in [-0.4, -0.2) is 10.8 Å². The molecule has 0 spiro atoms. The van der Waals surface area contributed by atoms with Gasteiger partial charge in [-0.25, -0.2) is 0 Å². The van der Waals surface area contributed by atoms with Crippen LogP contribution in [-0.2, 0) is 4.79 Å². The molecule has 0 bridgehead atoms. The van der Waals surface area contributed by atoms with E-state index in [1.807, 2.05) is 26.1 Å². The lowest BCUT2D eigenvalue weighted by Gasteiger charge is -2.23. The number of Topliss-reactive ketones (excluding diaryl/α,β-unsaturated/α-hetero) is 1. The van der Waals surface area contributed by atoms with Gasteiger partial charge in [0.05, 0.1) is 0 Å². The highest BCUT2D eigenvalue weighted by atomic mass is 16.1. The molecule has 1 aliphatic rings. The minimum absolute atomic E-state index is 0.0172. The summed E-state index contributed by atoms with van der Waals surface area (Å²) >= 11 is 0. The van der Waals surface area contributed by atoms with Crippen molar-refractivity contribution >= 4 is 5.78 Å². The molecular formula is C17H25NO. The summed E-state index contributed by atoms with van der Waals surface area (Å²) in [6, 6.07) is 2.01. The highest BCUT2D eigenvalue weighted by Gasteiger charge is 2.22. The first-order valence-electron chi connectivity index (χ1n) is 7.54. The van der Waals surface area contributed by atoms with E-state index in [2.05, 4.69) is 11.9 Å². The minimum atomic E-state index is 0.0172. The first-order valence-corrected chi connectivity index (χ1v) is 7.54. The van der Waals surface area contributed by atoms with Gasteiger partial charge in [0.1, 0.15) is 5.78 Å². The highest BCUT2D eigenvalue weighted by Crippen LogP contribution is 2.30. The molecule has 1 aromatic heterocycles. The Morgan fingerprint density at radius 2 is 2.00 bits per heavy atom. The van der Waals surface area contributed by atoms with Crippen LogP contribution in [0.25, 0.3) is 0 Å². The number of rotatable bonds is 4. The molecule has 0 aromatic carbocycles. The summed E-state index contributed by atoms with van der Waals surface area (Å²) in [5.74, 6) is 1.05.